The molecule has 1 aromatic carbocycles. The van der Waals surface area contributed by atoms with Crippen molar-refractivity contribution < 1.29 is 34.8 Å². The minimum Gasteiger partial charge on any atom is -0.511 e. The number of aliphatic hydroxyl groups excluding tert-OH is 2. The van der Waals surface area contributed by atoms with Crippen molar-refractivity contribution in [3.05, 3.63) is 51.8 Å². The van der Waals surface area contributed by atoms with E-state index in [2.05, 4.69) is 6.58 Å². The third-order valence-electron chi connectivity index (χ3n) is 7.33. The molecule has 1 aromatic rings. The number of carbonyl (C=O) groups excluding carboxylic acids is 3. The van der Waals surface area contributed by atoms with Crippen molar-refractivity contribution in [3.63, 3.8) is 0 Å². The number of aliphatic hydroxyl groups is 3. The first-order chi connectivity index (χ1) is 15.9. The average molecular weight is 469 g/mol. The second-order valence-corrected chi connectivity index (χ2v) is 9.38. The summed E-state index contributed by atoms with van der Waals surface area (Å²) < 4.78 is 0. The van der Waals surface area contributed by atoms with Gasteiger partial charge in [-0.1, -0.05) is 13.5 Å². The van der Waals surface area contributed by atoms with E-state index in [1.165, 1.54) is 0 Å². The molecule has 3 aliphatic rings. The molecule has 0 aromatic heterocycles. The quantitative estimate of drug-likeness (QED) is 0.420. The zero-order valence-corrected chi connectivity index (χ0v) is 19.3. The van der Waals surface area contributed by atoms with Crippen LogP contribution in [0.2, 0.25) is 0 Å². The minimum absolute atomic E-state index is 0.0143. The maximum Gasteiger partial charge on any atom is 0.252 e. The van der Waals surface area contributed by atoms with E-state index < -0.39 is 46.2 Å². The van der Waals surface area contributed by atoms with Crippen LogP contribution >= 0.6 is 0 Å². The summed E-state index contributed by atoms with van der Waals surface area (Å²) in [6.07, 6.45) is 0.450. The van der Waals surface area contributed by atoms with Gasteiger partial charge in [-0.25, -0.2) is 0 Å². The van der Waals surface area contributed by atoms with Gasteiger partial charge in [-0.05, 0) is 30.4 Å². The summed E-state index contributed by atoms with van der Waals surface area (Å²) in [5.41, 5.74) is 3.51. The molecule has 0 unspecified atom stereocenters. The molecule has 0 aliphatic heterocycles. The van der Waals surface area contributed by atoms with Crippen molar-refractivity contribution in [3.8, 4) is 5.75 Å². The fraction of sp³-hybridized carbons (Fsp3) is 0.400. The molecule has 3 atom stereocenters. The summed E-state index contributed by atoms with van der Waals surface area (Å²) in [6.45, 7) is 5.34. The monoisotopic (exact) mass is 468 g/mol. The number of phenolic OH excluding ortho intramolecular Hbond substituents is 1. The number of hydrogen-bond donors (Lipinski definition) is 5. The third-order valence-corrected chi connectivity index (χ3v) is 7.33. The Morgan fingerprint density at radius 2 is 1.88 bits per heavy atom. The van der Waals surface area contributed by atoms with Gasteiger partial charge in [0.05, 0.1) is 16.7 Å². The summed E-state index contributed by atoms with van der Waals surface area (Å²) in [6, 6.07) is 1.58. The minimum atomic E-state index is -2.25. The molecule has 4 rings (SSSR count). The number of ketones is 2. The highest BCUT2D eigenvalue weighted by Gasteiger charge is 2.58. The van der Waals surface area contributed by atoms with E-state index >= 15 is 0 Å². The summed E-state index contributed by atoms with van der Waals surface area (Å²) in [4.78, 5) is 39.8. The lowest BCUT2D eigenvalue weighted by Crippen LogP contribution is -2.57. The van der Waals surface area contributed by atoms with Crippen LogP contribution < -0.4 is 10.6 Å². The zero-order chi connectivity index (χ0) is 25.3. The van der Waals surface area contributed by atoms with Crippen LogP contribution in [0.5, 0.6) is 5.75 Å². The number of amides is 1. The zero-order valence-electron chi connectivity index (χ0n) is 19.3. The Kier molecular flexibility index (Phi) is 5.36. The molecule has 34 heavy (non-hydrogen) atoms. The number of allylic oxidation sites excluding steroid dienone is 1. The first kappa shape index (κ1) is 23.6. The first-order valence-corrected chi connectivity index (χ1v) is 11.1. The largest absolute Gasteiger partial charge is 0.511 e. The van der Waals surface area contributed by atoms with Crippen LogP contribution in [0.15, 0.2) is 35.1 Å². The van der Waals surface area contributed by atoms with Crippen LogP contribution in [-0.4, -0.2) is 57.6 Å². The number of Topliss-reactive ketones (excluding diaryl/α,β-unsaturated/α-hetero) is 2. The lowest BCUT2D eigenvalue weighted by Gasteiger charge is -2.48. The second-order valence-electron chi connectivity index (χ2n) is 9.38. The van der Waals surface area contributed by atoms with Crippen molar-refractivity contribution in [2.45, 2.75) is 38.2 Å². The Balaban J connectivity index is 1.96. The van der Waals surface area contributed by atoms with Gasteiger partial charge >= 0.3 is 0 Å². The summed E-state index contributed by atoms with van der Waals surface area (Å²) in [5, 5.41) is 44.1. The second kappa shape index (κ2) is 7.73. The molecule has 1 saturated carbocycles. The number of rotatable bonds is 4. The molecule has 9 heteroatoms. The lowest BCUT2D eigenvalue weighted by molar-refractivity contribution is -0.140. The predicted molar refractivity (Wildman–Crippen MR) is 124 cm³/mol. The SMILES string of the molecule is C=C1C(C(N)=O)=C(O)C[C@@H]2C[C@@H]3Cc4c(N(C)C)cc(C(=O)CC)c(O)c4C(O)=C3C(=O)[C@]12O. The van der Waals surface area contributed by atoms with Gasteiger partial charge in [0.1, 0.15) is 17.3 Å². The van der Waals surface area contributed by atoms with Gasteiger partial charge in [-0.3, -0.25) is 14.4 Å². The van der Waals surface area contributed by atoms with Gasteiger partial charge in [0.25, 0.3) is 5.91 Å². The summed E-state index contributed by atoms with van der Waals surface area (Å²) >= 11 is 0. The standard InChI is InChI=1S/C25H28N2O7/c1-5-16(28)14-9-15(27(3)4)13-7-11-6-12-8-17(29)18(24(26)33)10(2)25(12,34)23(32)19(11)22(31)20(13)21(14)30/h9,11-12,29-31,34H,2,5-8H2,1,3-4H3,(H2,26,33)/t11-,12+,25+/m1/s1. The van der Waals surface area contributed by atoms with Crippen molar-refractivity contribution in [2.24, 2.45) is 17.6 Å². The molecule has 1 fully saturated rings. The molecule has 1 amide bonds. The van der Waals surface area contributed by atoms with Crippen LogP contribution in [0, 0.1) is 11.8 Å². The predicted octanol–water partition coefficient (Wildman–Crippen LogP) is 2.07. The van der Waals surface area contributed by atoms with Gasteiger partial charge in [-0.2, -0.15) is 0 Å². The number of carbonyl (C=O) groups is 3. The average Bonchev–Trinajstić information content (AvgIpc) is 2.75. The number of phenols is 1. The fourth-order valence-corrected chi connectivity index (χ4v) is 5.64. The first-order valence-electron chi connectivity index (χ1n) is 11.1. The van der Waals surface area contributed by atoms with Gasteiger partial charge in [0, 0.05) is 49.7 Å². The highest BCUT2D eigenvalue weighted by atomic mass is 16.3. The van der Waals surface area contributed by atoms with E-state index in [4.69, 9.17) is 5.73 Å². The highest BCUT2D eigenvalue weighted by molar-refractivity contribution is 6.14. The van der Waals surface area contributed by atoms with Crippen molar-refractivity contribution >= 4 is 28.9 Å². The Hall–Kier alpha value is -3.59. The van der Waals surface area contributed by atoms with Crippen LogP contribution in [0.4, 0.5) is 5.69 Å². The summed E-state index contributed by atoms with van der Waals surface area (Å²) in [7, 11) is 3.54. The molecule has 6 N–H and O–H groups in total. The molecular formula is C25H28N2O7. The van der Waals surface area contributed by atoms with Crippen molar-refractivity contribution in [2.75, 3.05) is 19.0 Å². The number of hydrogen-bond acceptors (Lipinski definition) is 8. The van der Waals surface area contributed by atoms with Crippen molar-refractivity contribution in [1.82, 2.24) is 0 Å². The number of anilines is 1. The molecule has 180 valence electrons. The van der Waals surface area contributed by atoms with Crippen molar-refractivity contribution in [1.29, 1.82) is 0 Å². The molecule has 9 nitrogen and oxygen atoms in total. The van der Waals surface area contributed by atoms with Crippen LogP contribution in [-0.2, 0) is 16.0 Å². The Morgan fingerprint density at radius 3 is 2.44 bits per heavy atom. The van der Waals surface area contributed by atoms with E-state index in [9.17, 15) is 34.8 Å². The molecule has 0 saturated heterocycles. The van der Waals surface area contributed by atoms with Gasteiger partial charge in [0.15, 0.2) is 17.2 Å². The molecule has 0 heterocycles. The molecule has 3 aliphatic carbocycles. The lowest BCUT2D eigenvalue weighted by atomic mass is 9.57. The Labute approximate surface area is 196 Å². The van der Waals surface area contributed by atoms with E-state index in [0.29, 0.717) is 11.3 Å². The topological polar surface area (TPSA) is 161 Å². The molecule has 0 spiro atoms. The molecule has 0 radical (unpaired) electrons. The Bertz CT molecular complexity index is 1240. The highest BCUT2D eigenvalue weighted by Crippen LogP contribution is 2.54. The number of aromatic hydroxyl groups is 1. The van der Waals surface area contributed by atoms with Gasteiger partial charge in [0.2, 0.25) is 0 Å². The van der Waals surface area contributed by atoms with Crippen LogP contribution in [0.1, 0.15) is 47.7 Å². The van der Waals surface area contributed by atoms with E-state index in [1.807, 2.05) is 0 Å². The fourth-order valence-electron chi connectivity index (χ4n) is 5.64. The van der Waals surface area contributed by atoms with Gasteiger partial charge < -0.3 is 31.1 Å². The third kappa shape index (κ3) is 3.00. The van der Waals surface area contributed by atoms with E-state index in [-0.39, 0.29) is 59.5 Å². The normalized spacial score (nSPS) is 26.1. The Morgan fingerprint density at radius 1 is 1.24 bits per heavy atom. The molecular weight excluding hydrogens is 440 g/mol. The van der Waals surface area contributed by atoms with E-state index in [1.54, 1.807) is 32.0 Å². The maximum absolute atomic E-state index is 13.7. The number of primary amides is 1. The number of nitrogens with zero attached hydrogens (tertiary/aromatic N) is 1. The summed E-state index contributed by atoms with van der Waals surface area (Å²) in [5.74, 6) is -4.77. The van der Waals surface area contributed by atoms with Gasteiger partial charge in [-0.15, -0.1) is 0 Å². The van der Waals surface area contributed by atoms with E-state index in [0.717, 1.165) is 0 Å². The number of nitrogens with two attached hydrogens (primary N) is 1. The maximum atomic E-state index is 13.7. The van der Waals surface area contributed by atoms with Crippen LogP contribution in [0.3, 0.4) is 0 Å². The smallest absolute Gasteiger partial charge is 0.252 e. The number of fused-ring (bicyclic) bond motifs is 3. The molecule has 0 bridgehead atoms. The van der Waals surface area contributed by atoms with Crippen LogP contribution in [0.25, 0.3) is 5.76 Å². The number of benzene rings is 1.